The predicted molar refractivity (Wildman–Crippen MR) is 112 cm³/mol. The SMILES string of the molecule is CN=C(NCCc1csc(C)n1)NCCc1ccccc1OC.I. The molecular formula is C17H25IN4OS. The molecule has 1 aromatic heterocycles. The van der Waals surface area contributed by atoms with E-state index in [9.17, 15) is 0 Å². The summed E-state index contributed by atoms with van der Waals surface area (Å²) in [7, 11) is 3.48. The van der Waals surface area contributed by atoms with Gasteiger partial charge in [0.25, 0.3) is 0 Å². The minimum atomic E-state index is 0. The Balaban J connectivity index is 0.00000288. The van der Waals surface area contributed by atoms with E-state index in [0.29, 0.717) is 0 Å². The fourth-order valence-electron chi connectivity index (χ4n) is 2.28. The van der Waals surface area contributed by atoms with Crippen molar-refractivity contribution in [3.8, 4) is 5.75 Å². The van der Waals surface area contributed by atoms with Crippen LogP contribution in [0.25, 0.3) is 0 Å². The van der Waals surface area contributed by atoms with Crippen molar-refractivity contribution in [3.05, 3.63) is 45.9 Å². The maximum absolute atomic E-state index is 5.37. The molecule has 2 N–H and O–H groups in total. The smallest absolute Gasteiger partial charge is 0.190 e. The molecule has 5 nitrogen and oxygen atoms in total. The summed E-state index contributed by atoms with van der Waals surface area (Å²) in [6.45, 7) is 3.65. The van der Waals surface area contributed by atoms with Crippen LogP contribution < -0.4 is 15.4 Å². The summed E-state index contributed by atoms with van der Waals surface area (Å²) in [5.41, 5.74) is 2.32. The van der Waals surface area contributed by atoms with E-state index in [1.807, 2.05) is 25.1 Å². The molecule has 7 heteroatoms. The number of rotatable bonds is 7. The quantitative estimate of drug-likeness (QED) is 0.379. The molecule has 1 heterocycles. The van der Waals surface area contributed by atoms with Crippen molar-refractivity contribution in [2.75, 3.05) is 27.2 Å². The highest BCUT2D eigenvalue weighted by Crippen LogP contribution is 2.17. The summed E-state index contributed by atoms with van der Waals surface area (Å²) in [5, 5.41) is 9.86. The number of aromatic nitrogens is 1. The van der Waals surface area contributed by atoms with Gasteiger partial charge in [-0.3, -0.25) is 4.99 Å². The largest absolute Gasteiger partial charge is 0.496 e. The molecule has 0 radical (unpaired) electrons. The van der Waals surface area contributed by atoms with E-state index in [4.69, 9.17) is 4.74 Å². The Labute approximate surface area is 165 Å². The number of benzene rings is 1. The summed E-state index contributed by atoms with van der Waals surface area (Å²) in [4.78, 5) is 8.70. The lowest BCUT2D eigenvalue weighted by Gasteiger charge is -2.12. The molecule has 132 valence electrons. The van der Waals surface area contributed by atoms with Crippen LogP contribution in [0, 0.1) is 6.92 Å². The van der Waals surface area contributed by atoms with Gasteiger partial charge >= 0.3 is 0 Å². The number of methoxy groups -OCH3 is 1. The van der Waals surface area contributed by atoms with Crippen molar-refractivity contribution in [2.45, 2.75) is 19.8 Å². The molecule has 0 atom stereocenters. The molecule has 24 heavy (non-hydrogen) atoms. The second-order valence-corrected chi connectivity index (χ2v) is 6.16. The van der Waals surface area contributed by atoms with Gasteiger partial charge in [-0.25, -0.2) is 4.98 Å². The van der Waals surface area contributed by atoms with E-state index in [1.54, 1.807) is 25.5 Å². The number of halogens is 1. The average molecular weight is 460 g/mol. The van der Waals surface area contributed by atoms with Crippen molar-refractivity contribution in [3.63, 3.8) is 0 Å². The summed E-state index contributed by atoms with van der Waals surface area (Å²) >= 11 is 1.69. The van der Waals surface area contributed by atoms with Gasteiger partial charge in [-0.2, -0.15) is 0 Å². The number of aliphatic imine (C=N–C) groups is 1. The van der Waals surface area contributed by atoms with Crippen molar-refractivity contribution in [2.24, 2.45) is 4.99 Å². The second kappa shape index (κ2) is 11.2. The van der Waals surface area contributed by atoms with Crippen LogP contribution in [0.5, 0.6) is 5.75 Å². The molecule has 0 spiro atoms. The molecule has 0 saturated heterocycles. The van der Waals surface area contributed by atoms with Gasteiger partial charge in [0.1, 0.15) is 5.75 Å². The maximum atomic E-state index is 5.37. The number of hydrogen-bond acceptors (Lipinski definition) is 4. The Morgan fingerprint density at radius 2 is 1.92 bits per heavy atom. The summed E-state index contributed by atoms with van der Waals surface area (Å²) in [6.07, 6.45) is 1.79. The van der Waals surface area contributed by atoms with Gasteiger partial charge in [0.15, 0.2) is 5.96 Å². The van der Waals surface area contributed by atoms with Crippen molar-refractivity contribution < 1.29 is 4.74 Å². The lowest BCUT2D eigenvalue weighted by molar-refractivity contribution is 0.409. The van der Waals surface area contributed by atoms with E-state index in [2.05, 4.69) is 32.1 Å². The Morgan fingerprint density at radius 3 is 2.54 bits per heavy atom. The maximum Gasteiger partial charge on any atom is 0.190 e. The van der Waals surface area contributed by atoms with Crippen molar-refractivity contribution in [1.29, 1.82) is 0 Å². The van der Waals surface area contributed by atoms with Crippen LogP contribution in [0.3, 0.4) is 0 Å². The molecule has 0 aliphatic heterocycles. The van der Waals surface area contributed by atoms with Crippen LogP contribution in [0.4, 0.5) is 0 Å². The van der Waals surface area contributed by atoms with Crippen LogP contribution in [0.2, 0.25) is 0 Å². The van der Waals surface area contributed by atoms with Crippen LogP contribution in [0.1, 0.15) is 16.3 Å². The van der Waals surface area contributed by atoms with Gasteiger partial charge < -0.3 is 15.4 Å². The second-order valence-electron chi connectivity index (χ2n) is 5.10. The predicted octanol–water partition coefficient (Wildman–Crippen LogP) is 3.03. The van der Waals surface area contributed by atoms with Gasteiger partial charge in [0.2, 0.25) is 0 Å². The first-order valence-corrected chi connectivity index (χ1v) is 8.58. The van der Waals surface area contributed by atoms with Gasteiger partial charge in [-0.1, -0.05) is 18.2 Å². The van der Waals surface area contributed by atoms with E-state index < -0.39 is 0 Å². The minimum Gasteiger partial charge on any atom is -0.496 e. The van der Waals surface area contributed by atoms with E-state index >= 15 is 0 Å². The minimum absolute atomic E-state index is 0. The molecular weight excluding hydrogens is 435 g/mol. The zero-order chi connectivity index (χ0) is 16.5. The van der Waals surface area contributed by atoms with Gasteiger partial charge in [0, 0.05) is 31.9 Å². The molecule has 0 fully saturated rings. The number of nitrogens with one attached hydrogen (secondary N) is 2. The third-order valence-corrected chi connectivity index (χ3v) is 4.27. The molecule has 0 aliphatic carbocycles. The highest BCUT2D eigenvalue weighted by atomic mass is 127. The monoisotopic (exact) mass is 460 g/mol. The average Bonchev–Trinajstić information content (AvgIpc) is 2.99. The normalized spacial score (nSPS) is 10.9. The van der Waals surface area contributed by atoms with Crippen molar-refractivity contribution in [1.82, 2.24) is 15.6 Å². The van der Waals surface area contributed by atoms with Crippen LogP contribution in [-0.2, 0) is 12.8 Å². The first-order valence-electron chi connectivity index (χ1n) is 7.70. The van der Waals surface area contributed by atoms with Gasteiger partial charge in [-0.15, -0.1) is 35.3 Å². The molecule has 0 saturated carbocycles. The third kappa shape index (κ3) is 6.64. The standard InChI is InChI=1S/C17H24N4OS.HI/c1-13-21-15(12-23-13)9-11-20-17(18-2)19-10-8-14-6-4-5-7-16(14)22-3;/h4-7,12H,8-11H2,1-3H3,(H2,18,19,20);1H. The first-order chi connectivity index (χ1) is 11.2. The molecule has 2 aromatic rings. The zero-order valence-corrected chi connectivity index (χ0v) is 17.5. The molecule has 0 aliphatic rings. The molecule has 0 bridgehead atoms. The Kier molecular flexibility index (Phi) is 9.70. The zero-order valence-electron chi connectivity index (χ0n) is 14.3. The molecule has 0 amide bonds. The highest BCUT2D eigenvalue weighted by molar-refractivity contribution is 14.0. The van der Waals surface area contributed by atoms with Crippen LogP contribution in [-0.4, -0.2) is 38.2 Å². The number of guanidine groups is 1. The Morgan fingerprint density at radius 1 is 1.21 bits per heavy atom. The van der Waals surface area contributed by atoms with E-state index in [-0.39, 0.29) is 24.0 Å². The van der Waals surface area contributed by atoms with E-state index in [0.717, 1.165) is 48.3 Å². The van der Waals surface area contributed by atoms with Crippen molar-refractivity contribution >= 4 is 41.3 Å². The number of para-hydroxylation sites is 1. The summed E-state index contributed by atoms with van der Waals surface area (Å²) in [6, 6.07) is 8.08. The number of thiazole rings is 1. The molecule has 2 rings (SSSR count). The van der Waals surface area contributed by atoms with Gasteiger partial charge in [-0.05, 0) is 25.0 Å². The highest BCUT2D eigenvalue weighted by Gasteiger charge is 2.03. The van der Waals surface area contributed by atoms with Gasteiger partial charge in [0.05, 0.1) is 17.8 Å². The number of ether oxygens (including phenoxy) is 1. The Bertz CT molecular complexity index is 645. The number of nitrogens with zero attached hydrogens (tertiary/aromatic N) is 2. The van der Waals surface area contributed by atoms with Crippen LogP contribution >= 0.6 is 35.3 Å². The molecule has 1 aromatic carbocycles. The fraction of sp³-hybridized carbons (Fsp3) is 0.412. The third-order valence-electron chi connectivity index (χ3n) is 3.44. The molecule has 0 unspecified atom stereocenters. The number of hydrogen-bond donors (Lipinski definition) is 2. The fourth-order valence-corrected chi connectivity index (χ4v) is 2.92. The topological polar surface area (TPSA) is 58.5 Å². The Hall–Kier alpha value is -1.35. The lowest BCUT2D eigenvalue weighted by Crippen LogP contribution is -2.39. The van der Waals surface area contributed by atoms with Crippen LogP contribution in [0.15, 0.2) is 34.6 Å². The summed E-state index contributed by atoms with van der Waals surface area (Å²) < 4.78 is 5.37. The lowest BCUT2D eigenvalue weighted by atomic mass is 10.1. The first kappa shape index (κ1) is 20.7. The van der Waals surface area contributed by atoms with E-state index in [1.165, 1.54) is 5.56 Å². The number of aryl methyl sites for hydroxylation is 1. The summed E-state index contributed by atoms with van der Waals surface area (Å²) in [5.74, 6) is 1.74.